The lowest BCUT2D eigenvalue weighted by molar-refractivity contribution is 0.101. The minimum Gasteiger partial charge on any atom is -0.494 e. The van der Waals surface area contributed by atoms with Crippen LogP contribution in [0.5, 0.6) is 5.75 Å². The number of ether oxygens (including phenoxy) is 1. The Kier molecular flexibility index (Phi) is 7.46. The summed E-state index contributed by atoms with van der Waals surface area (Å²) in [5, 5.41) is 6.14. The topological polar surface area (TPSA) is 67.4 Å². The highest BCUT2D eigenvalue weighted by molar-refractivity contribution is 6.31. The van der Waals surface area contributed by atoms with E-state index in [4.69, 9.17) is 16.3 Å². The van der Waals surface area contributed by atoms with Crippen molar-refractivity contribution >= 4 is 34.8 Å². The molecule has 0 unspecified atom stereocenters. The second-order valence-corrected chi connectivity index (χ2v) is 7.16. The van der Waals surface area contributed by atoms with Crippen LogP contribution in [0.1, 0.15) is 40.5 Å². The van der Waals surface area contributed by atoms with Crippen molar-refractivity contribution in [2.75, 3.05) is 17.2 Å². The van der Waals surface area contributed by atoms with Gasteiger partial charge in [0, 0.05) is 27.5 Å². The number of amides is 2. The van der Waals surface area contributed by atoms with Crippen LogP contribution in [0.2, 0.25) is 5.02 Å². The maximum absolute atomic E-state index is 12.5. The molecule has 2 N–H and O–H groups in total. The van der Waals surface area contributed by atoms with Crippen molar-refractivity contribution < 1.29 is 14.3 Å². The Bertz CT molecular complexity index is 1020. The van der Waals surface area contributed by atoms with Gasteiger partial charge in [0.2, 0.25) is 0 Å². The molecular formula is C24H23ClN2O3. The van der Waals surface area contributed by atoms with Gasteiger partial charge >= 0.3 is 0 Å². The SMILES string of the molecule is CCCCOc1ccc(C(=O)Nc2cccc(C(=O)Nc3cccc(Cl)c3)c2)cc1. The summed E-state index contributed by atoms with van der Waals surface area (Å²) in [6, 6.07) is 20.6. The van der Waals surface area contributed by atoms with E-state index in [1.54, 1.807) is 72.8 Å². The molecule has 0 fully saturated rings. The molecule has 0 saturated heterocycles. The highest BCUT2D eigenvalue weighted by atomic mass is 35.5. The molecule has 30 heavy (non-hydrogen) atoms. The van der Waals surface area contributed by atoms with Crippen molar-refractivity contribution in [1.82, 2.24) is 0 Å². The molecule has 154 valence electrons. The minimum atomic E-state index is -0.290. The van der Waals surface area contributed by atoms with Crippen molar-refractivity contribution in [2.45, 2.75) is 19.8 Å². The van der Waals surface area contributed by atoms with Crippen LogP contribution >= 0.6 is 11.6 Å². The highest BCUT2D eigenvalue weighted by Crippen LogP contribution is 2.18. The number of hydrogen-bond acceptors (Lipinski definition) is 3. The van der Waals surface area contributed by atoms with E-state index in [2.05, 4.69) is 17.6 Å². The zero-order valence-electron chi connectivity index (χ0n) is 16.7. The molecule has 3 rings (SSSR count). The largest absolute Gasteiger partial charge is 0.494 e. The molecule has 0 bridgehead atoms. The molecule has 0 aliphatic carbocycles. The summed E-state index contributed by atoms with van der Waals surface area (Å²) in [4.78, 5) is 25.0. The monoisotopic (exact) mass is 422 g/mol. The van der Waals surface area contributed by atoms with Gasteiger partial charge in [0.25, 0.3) is 11.8 Å². The second-order valence-electron chi connectivity index (χ2n) is 6.73. The first-order valence-electron chi connectivity index (χ1n) is 9.76. The zero-order chi connectivity index (χ0) is 21.3. The van der Waals surface area contributed by atoms with E-state index in [0.29, 0.717) is 34.1 Å². The molecule has 0 radical (unpaired) electrons. The van der Waals surface area contributed by atoms with Crippen LogP contribution in [-0.4, -0.2) is 18.4 Å². The maximum atomic E-state index is 12.5. The first kappa shape index (κ1) is 21.4. The first-order valence-corrected chi connectivity index (χ1v) is 10.1. The third-order valence-electron chi connectivity index (χ3n) is 4.35. The fourth-order valence-corrected chi connectivity index (χ4v) is 2.94. The van der Waals surface area contributed by atoms with E-state index in [-0.39, 0.29) is 11.8 Å². The van der Waals surface area contributed by atoms with Crippen molar-refractivity contribution in [3.63, 3.8) is 0 Å². The summed E-state index contributed by atoms with van der Waals surface area (Å²) in [5.41, 5.74) is 2.06. The summed E-state index contributed by atoms with van der Waals surface area (Å²) >= 11 is 5.95. The van der Waals surface area contributed by atoms with Crippen LogP contribution in [0.15, 0.2) is 72.8 Å². The lowest BCUT2D eigenvalue weighted by Crippen LogP contribution is -2.14. The molecule has 0 atom stereocenters. The number of carbonyl (C=O) groups excluding carboxylic acids is 2. The van der Waals surface area contributed by atoms with E-state index in [1.165, 1.54) is 0 Å². The molecule has 3 aromatic rings. The molecule has 5 nitrogen and oxygen atoms in total. The standard InChI is InChI=1S/C24H23ClN2O3/c1-2-3-14-30-22-12-10-17(11-13-22)23(28)26-20-8-4-6-18(15-20)24(29)27-21-9-5-7-19(25)16-21/h4-13,15-16H,2-3,14H2,1H3,(H,26,28)(H,27,29). The summed E-state index contributed by atoms with van der Waals surface area (Å²) in [5.74, 6) is 0.184. The molecule has 0 aromatic heterocycles. The predicted molar refractivity (Wildman–Crippen MR) is 121 cm³/mol. The number of unbranched alkanes of at least 4 members (excludes halogenated alkanes) is 1. The van der Waals surface area contributed by atoms with Gasteiger partial charge in [0.05, 0.1) is 6.61 Å². The molecular weight excluding hydrogens is 400 g/mol. The zero-order valence-corrected chi connectivity index (χ0v) is 17.4. The summed E-state index contributed by atoms with van der Waals surface area (Å²) in [6.45, 7) is 2.76. The third kappa shape index (κ3) is 6.09. The highest BCUT2D eigenvalue weighted by Gasteiger charge is 2.10. The Balaban J connectivity index is 1.63. The molecule has 0 saturated carbocycles. The minimum absolute atomic E-state index is 0.262. The van der Waals surface area contributed by atoms with E-state index >= 15 is 0 Å². The van der Waals surface area contributed by atoms with E-state index in [9.17, 15) is 9.59 Å². The number of anilines is 2. The Hall–Kier alpha value is -3.31. The number of rotatable bonds is 8. The van der Waals surface area contributed by atoms with Crippen molar-refractivity contribution in [2.24, 2.45) is 0 Å². The predicted octanol–water partition coefficient (Wildman–Crippen LogP) is 6.02. The summed E-state index contributed by atoms with van der Waals surface area (Å²) < 4.78 is 5.61. The van der Waals surface area contributed by atoms with E-state index in [0.717, 1.165) is 18.6 Å². The van der Waals surface area contributed by atoms with Crippen molar-refractivity contribution in [1.29, 1.82) is 0 Å². The average molecular weight is 423 g/mol. The molecule has 0 aliphatic heterocycles. The van der Waals surface area contributed by atoms with Crippen LogP contribution in [0.3, 0.4) is 0 Å². The molecule has 3 aromatic carbocycles. The fraction of sp³-hybridized carbons (Fsp3) is 0.167. The number of halogens is 1. The fourth-order valence-electron chi connectivity index (χ4n) is 2.75. The third-order valence-corrected chi connectivity index (χ3v) is 4.58. The number of benzene rings is 3. The second kappa shape index (κ2) is 10.5. The van der Waals surface area contributed by atoms with Gasteiger partial charge in [-0.3, -0.25) is 9.59 Å². The van der Waals surface area contributed by atoms with Crippen LogP contribution in [0, 0.1) is 0 Å². The molecule has 2 amide bonds. The van der Waals surface area contributed by atoms with Gasteiger partial charge in [-0.05, 0) is 67.1 Å². The quantitative estimate of drug-likeness (QED) is 0.436. The Labute approximate surface area is 181 Å². The lowest BCUT2D eigenvalue weighted by Gasteiger charge is -2.10. The average Bonchev–Trinajstić information content (AvgIpc) is 2.74. The lowest BCUT2D eigenvalue weighted by atomic mass is 10.1. The van der Waals surface area contributed by atoms with Gasteiger partial charge in [-0.2, -0.15) is 0 Å². The van der Waals surface area contributed by atoms with Gasteiger partial charge in [-0.15, -0.1) is 0 Å². The Morgan fingerprint density at radius 1 is 0.833 bits per heavy atom. The summed E-state index contributed by atoms with van der Waals surface area (Å²) in [7, 11) is 0. The molecule has 0 aliphatic rings. The van der Waals surface area contributed by atoms with E-state index < -0.39 is 0 Å². The summed E-state index contributed by atoms with van der Waals surface area (Å²) in [6.07, 6.45) is 2.06. The number of carbonyl (C=O) groups is 2. The van der Waals surface area contributed by atoms with Crippen LogP contribution in [0.25, 0.3) is 0 Å². The van der Waals surface area contributed by atoms with Gasteiger partial charge in [-0.1, -0.05) is 37.1 Å². The Morgan fingerprint density at radius 3 is 2.13 bits per heavy atom. The van der Waals surface area contributed by atoms with Crippen molar-refractivity contribution in [3.05, 3.63) is 88.9 Å². The van der Waals surface area contributed by atoms with Gasteiger partial charge < -0.3 is 15.4 Å². The number of nitrogens with one attached hydrogen (secondary N) is 2. The van der Waals surface area contributed by atoms with Crippen LogP contribution < -0.4 is 15.4 Å². The molecule has 0 heterocycles. The van der Waals surface area contributed by atoms with E-state index in [1.807, 2.05) is 0 Å². The van der Waals surface area contributed by atoms with Crippen LogP contribution in [-0.2, 0) is 0 Å². The normalized spacial score (nSPS) is 10.3. The maximum Gasteiger partial charge on any atom is 0.255 e. The van der Waals surface area contributed by atoms with Crippen molar-refractivity contribution in [3.8, 4) is 5.75 Å². The Morgan fingerprint density at radius 2 is 1.47 bits per heavy atom. The van der Waals surface area contributed by atoms with Gasteiger partial charge in [0.1, 0.15) is 5.75 Å². The first-order chi connectivity index (χ1) is 14.5. The van der Waals surface area contributed by atoms with Gasteiger partial charge in [-0.25, -0.2) is 0 Å². The van der Waals surface area contributed by atoms with Crippen LogP contribution in [0.4, 0.5) is 11.4 Å². The smallest absolute Gasteiger partial charge is 0.255 e. The van der Waals surface area contributed by atoms with Gasteiger partial charge in [0.15, 0.2) is 0 Å². The number of hydrogen-bond donors (Lipinski definition) is 2. The molecule has 0 spiro atoms. The molecule has 6 heteroatoms.